The summed E-state index contributed by atoms with van der Waals surface area (Å²) in [6.45, 7) is 2.18. The van der Waals surface area contributed by atoms with Crippen molar-refractivity contribution >= 4 is 11.8 Å². The number of ketones is 1. The summed E-state index contributed by atoms with van der Waals surface area (Å²) in [5.74, 6) is 0.390. The van der Waals surface area contributed by atoms with Crippen LogP contribution in [0.15, 0.2) is 0 Å². The Morgan fingerprint density at radius 2 is 0.920 bits per heavy atom. The van der Waals surface area contributed by atoms with E-state index in [0.29, 0.717) is 12.2 Å². The zero-order valence-electron chi connectivity index (χ0n) is 17.0. The average molecular weight is 355 g/mol. The smallest absolute Gasteiger partial charge is 0.305 e. The zero-order chi connectivity index (χ0) is 18.6. The van der Waals surface area contributed by atoms with Gasteiger partial charge in [-0.2, -0.15) is 0 Å². The van der Waals surface area contributed by atoms with E-state index < -0.39 is 0 Å². The zero-order valence-corrected chi connectivity index (χ0v) is 17.0. The van der Waals surface area contributed by atoms with E-state index in [1.54, 1.807) is 0 Å². The molecule has 25 heavy (non-hydrogen) atoms. The number of esters is 1. The molecule has 0 aromatic carbocycles. The lowest BCUT2D eigenvalue weighted by Crippen LogP contribution is -1.99. The van der Waals surface area contributed by atoms with Gasteiger partial charge in [0.15, 0.2) is 0 Å². The highest BCUT2D eigenvalue weighted by Crippen LogP contribution is 2.13. The molecule has 0 aliphatic heterocycles. The van der Waals surface area contributed by atoms with Crippen LogP contribution in [0.4, 0.5) is 0 Å². The summed E-state index contributed by atoms with van der Waals surface area (Å²) in [7, 11) is 1.45. The minimum absolute atomic E-state index is 0.0825. The molecule has 0 rings (SSSR count). The van der Waals surface area contributed by atoms with Gasteiger partial charge in [-0.15, -0.1) is 0 Å². The van der Waals surface area contributed by atoms with Crippen molar-refractivity contribution in [3.63, 3.8) is 0 Å². The number of carbonyl (C=O) groups is 2. The van der Waals surface area contributed by atoms with Crippen LogP contribution in [-0.2, 0) is 14.3 Å². The highest BCUT2D eigenvalue weighted by molar-refractivity contribution is 5.78. The molecule has 0 aromatic rings. The normalized spacial score (nSPS) is 10.8. The molecule has 148 valence electrons. The van der Waals surface area contributed by atoms with Crippen molar-refractivity contribution in [2.24, 2.45) is 0 Å². The van der Waals surface area contributed by atoms with Gasteiger partial charge in [0.05, 0.1) is 7.11 Å². The number of Topliss-reactive ketones (excluding diaryl/α,β-unsaturated/α-hetero) is 1. The molecule has 0 radical (unpaired) electrons. The molecule has 0 aromatic heterocycles. The molecule has 0 unspecified atom stereocenters. The van der Waals surface area contributed by atoms with Crippen molar-refractivity contribution in [2.45, 2.75) is 122 Å². The molecule has 0 saturated heterocycles. The molecule has 0 amide bonds. The highest BCUT2D eigenvalue weighted by atomic mass is 16.5. The molecule has 0 heterocycles. The second-order valence-corrected chi connectivity index (χ2v) is 7.31. The first kappa shape index (κ1) is 24.1. The molecule has 0 fully saturated rings. The number of hydrogen-bond donors (Lipinski definition) is 0. The van der Waals surface area contributed by atoms with Gasteiger partial charge in [-0.05, 0) is 19.3 Å². The largest absolute Gasteiger partial charge is 0.469 e. The predicted molar refractivity (Wildman–Crippen MR) is 106 cm³/mol. The molecule has 0 bridgehead atoms. The maximum Gasteiger partial charge on any atom is 0.305 e. The van der Waals surface area contributed by atoms with Crippen LogP contribution in [0, 0.1) is 0 Å². The number of methoxy groups -OCH3 is 1. The Bertz CT molecular complexity index is 312. The third-order valence-electron chi connectivity index (χ3n) is 4.87. The Morgan fingerprint density at radius 3 is 1.32 bits per heavy atom. The summed E-state index contributed by atoms with van der Waals surface area (Å²) in [6, 6.07) is 0. The summed E-state index contributed by atoms with van der Waals surface area (Å²) in [5, 5.41) is 0. The molecular formula is C22H42O3. The van der Waals surface area contributed by atoms with Crippen LogP contribution in [0.3, 0.4) is 0 Å². The number of carbonyl (C=O) groups excluding carboxylic acids is 2. The standard InChI is InChI=1S/C22H42O3/c1-3-4-15-18-21(23)19-16-13-11-9-7-5-6-8-10-12-14-17-20-22(24)25-2/h3-20H2,1-2H3. The van der Waals surface area contributed by atoms with E-state index in [1.165, 1.54) is 77.7 Å². The van der Waals surface area contributed by atoms with Crippen LogP contribution in [0.1, 0.15) is 122 Å². The molecule has 0 aliphatic rings. The summed E-state index contributed by atoms with van der Waals surface area (Å²) in [5.41, 5.74) is 0. The minimum Gasteiger partial charge on any atom is -0.469 e. The van der Waals surface area contributed by atoms with Gasteiger partial charge in [0, 0.05) is 19.3 Å². The lowest BCUT2D eigenvalue weighted by atomic mass is 10.0. The second-order valence-electron chi connectivity index (χ2n) is 7.31. The van der Waals surface area contributed by atoms with Crippen molar-refractivity contribution < 1.29 is 14.3 Å². The SMILES string of the molecule is CCCCCC(=O)CCCCCCCCCCCCCCC(=O)OC. The maximum absolute atomic E-state index is 11.6. The number of hydrogen-bond acceptors (Lipinski definition) is 3. The van der Waals surface area contributed by atoms with E-state index in [-0.39, 0.29) is 5.97 Å². The maximum atomic E-state index is 11.6. The van der Waals surface area contributed by atoms with Crippen molar-refractivity contribution in [2.75, 3.05) is 7.11 Å². The van der Waals surface area contributed by atoms with E-state index in [1.807, 2.05) is 0 Å². The van der Waals surface area contributed by atoms with E-state index in [0.717, 1.165) is 38.5 Å². The molecule has 0 N–H and O–H groups in total. The van der Waals surface area contributed by atoms with Gasteiger partial charge in [-0.1, -0.05) is 84.0 Å². The molecule has 3 heteroatoms. The summed E-state index contributed by atoms with van der Waals surface area (Å²) in [4.78, 5) is 22.6. The predicted octanol–water partition coefficient (Wildman–Crippen LogP) is 6.77. The van der Waals surface area contributed by atoms with Crippen LogP contribution < -0.4 is 0 Å². The summed E-state index contributed by atoms with van der Waals surface area (Å²) >= 11 is 0. The quantitative estimate of drug-likeness (QED) is 0.190. The summed E-state index contributed by atoms with van der Waals surface area (Å²) in [6.07, 6.45) is 20.6. The van der Waals surface area contributed by atoms with Gasteiger partial charge in [0.2, 0.25) is 0 Å². The van der Waals surface area contributed by atoms with Gasteiger partial charge in [-0.3, -0.25) is 9.59 Å². The fourth-order valence-electron chi connectivity index (χ4n) is 3.16. The molecular weight excluding hydrogens is 312 g/mol. The van der Waals surface area contributed by atoms with E-state index in [9.17, 15) is 9.59 Å². The molecule has 0 spiro atoms. The second kappa shape index (κ2) is 19.5. The highest BCUT2D eigenvalue weighted by Gasteiger charge is 2.01. The lowest BCUT2D eigenvalue weighted by molar-refractivity contribution is -0.140. The van der Waals surface area contributed by atoms with Gasteiger partial charge in [0.25, 0.3) is 0 Å². The molecule has 0 atom stereocenters. The van der Waals surface area contributed by atoms with Gasteiger partial charge in [0.1, 0.15) is 5.78 Å². The van der Waals surface area contributed by atoms with E-state index in [2.05, 4.69) is 11.7 Å². The number of unbranched alkanes of at least 4 members (excludes halogenated alkanes) is 13. The Balaban J connectivity index is 3.11. The topological polar surface area (TPSA) is 43.4 Å². The van der Waals surface area contributed by atoms with Crippen LogP contribution >= 0.6 is 0 Å². The van der Waals surface area contributed by atoms with Crippen molar-refractivity contribution in [3.05, 3.63) is 0 Å². The Morgan fingerprint density at radius 1 is 0.560 bits per heavy atom. The molecule has 3 nitrogen and oxygen atoms in total. The van der Waals surface area contributed by atoms with Crippen LogP contribution in [-0.4, -0.2) is 18.9 Å². The third-order valence-corrected chi connectivity index (χ3v) is 4.87. The average Bonchev–Trinajstić information content (AvgIpc) is 2.61. The minimum atomic E-state index is -0.0825. The number of rotatable bonds is 19. The monoisotopic (exact) mass is 354 g/mol. The van der Waals surface area contributed by atoms with Crippen LogP contribution in [0.2, 0.25) is 0 Å². The van der Waals surface area contributed by atoms with Gasteiger partial charge in [-0.25, -0.2) is 0 Å². The Labute approximate surface area is 156 Å². The molecule has 0 saturated carbocycles. The third kappa shape index (κ3) is 19.3. The fourth-order valence-corrected chi connectivity index (χ4v) is 3.16. The van der Waals surface area contributed by atoms with E-state index in [4.69, 9.17) is 0 Å². The van der Waals surface area contributed by atoms with Crippen molar-refractivity contribution in [3.8, 4) is 0 Å². The number of ether oxygens (including phenoxy) is 1. The van der Waals surface area contributed by atoms with Crippen LogP contribution in [0.25, 0.3) is 0 Å². The Hall–Kier alpha value is -0.860. The fraction of sp³-hybridized carbons (Fsp3) is 0.909. The Kier molecular flexibility index (Phi) is 18.8. The molecule has 0 aliphatic carbocycles. The van der Waals surface area contributed by atoms with Crippen molar-refractivity contribution in [1.29, 1.82) is 0 Å². The van der Waals surface area contributed by atoms with Gasteiger partial charge < -0.3 is 4.74 Å². The van der Waals surface area contributed by atoms with Gasteiger partial charge >= 0.3 is 5.97 Å². The first-order valence-electron chi connectivity index (χ1n) is 10.8. The first-order chi connectivity index (χ1) is 12.2. The van der Waals surface area contributed by atoms with Crippen LogP contribution in [0.5, 0.6) is 0 Å². The van der Waals surface area contributed by atoms with Crippen molar-refractivity contribution in [1.82, 2.24) is 0 Å². The van der Waals surface area contributed by atoms with E-state index >= 15 is 0 Å². The first-order valence-corrected chi connectivity index (χ1v) is 10.8. The lowest BCUT2D eigenvalue weighted by Gasteiger charge is -2.03. The summed E-state index contributed by atoms with van der Waals surface area (Å²) < 4.78 is 4.63.